The SMILES string of the molecule is CC(C)CCC(=O)N1CCCC2CN(C(=O)C3CCOCC3)CCC21. The smallest absolute Gasteiger partial charge is 0.225 e. The fourth-order valence-corrected chi connectivity index (χ4v) is 4.67. The van der Waals surface area contributed by atoms with Crippen molar-refractivity contribution in [3.05, 3.63) is 0 Å². The molecule has 0 aromatic heterocycles. The van der Waals surface area contributed by atoms with E-state index < -0.39 is 0 Å². The van der Waals surface area contributed by atoms with Crippen molar-refractivity contribution in [2.75, 3.05) is 32.8 Å². The molecular formula is C20H34N2O3. The van der Waals surface area contributed by atoms with Gasteiger partial charge in [0.2, 0.25) is 11.8 Å². The Labute approximate surface area is 152 Å². The molecule has 0 spiro atoms. The van der Waals surface area contributed by atoms with E-state index >= 15 is 0 Å². The minimum absolute atomic E-state index is 0.151. The molecule has 2 amide bonds. The van der Waals surface area contributed by atoms with Crippen LogP contribution in [0.4, 0.5) is 0 Å². The lowest BCUT2D eigenvalue weighted by Gasteiger charge is -2.48. The molecule has 0 bridgehead atoms. The van der Waals surface area contributed by atoms with Gasteiger partial charge >= 0.3 is 0 Å². The maximum Gasteiger partial charge on any atom is 0.225 e. The largest absolute Gasteiger partial charge is 0.381 e. The van der Waals surface area contributed by atoms with Crippen LogP contribution in [0.1, 0.15) is 58.8 Å². The predicted octanol–water partition coefficient (Wildman–Crippen LogP) is 2.69. The fraction of sp³-hybridized carbons (Fsp3) is 0.900. The van der Waals surface area contributed by atoms with Gasteiger partial charge in [0.1, 0.15) is 0 Å². The molecule has 142 valence electrons. The van der Waals surface area contributed by atoms with Crippen molar-refractivity contribution in [1.29, 1.82) is 0 Å². The Hall–Kier alpha value is -1.10. The zero-order chi connectivity index (χ0) is 17.8. The number of rotatable bonds is 4. The first-order chi connectivity index (χ1) is 12.1. The predicted molar refractivity (Wildman–Crippen MR) is 97.0 cm³/mol. The van der Waals surface area contributed by atoms with Crippen molar-refractivity contribution in [2.45, 2.75) is 64.8 Å². The Balaban J connectivity index is 1.56. The highest BCUT2D eigenvalue weighted by molar-refractivity contribution is 5.79. The van der Waals surface area contributed by atoms with Gasteiger partial charge in [0, 0.05) is 51.2 Å². The van der Waals surface area contributed by atoms with Crippen LogP contribution in [0.25, 0.3) is 0 Å². The molecule has 3 rings (SSSR count). The lowest BCUT2D eigenvalue weighted by atomic mass is 9.82. The highest BCUT2D eigenvalue weighted by Crippen LogP contribution is 2.32. The molecule has 25 heavy (non-hydrogen) atoms. The molecule has 2 atom stereocenters. The van der Waals surface area contributed by atoms with Gasteiger partial charge in [-0.25, -0.2) is 0 Å². The molecular weight excluding hydrogens is 316 g/mol. The zero-order valence-electron chi connectivity index (χ0n) is 15.9. The quantitative estimate of drug-likeness (QED) is 0.783. The molecule has 0 aromatic rings. The molecule has 0 N–H and O–H groups in total. The number of amides is 2. The molecule has 2 unspecified atom stereocenters. The topological polar surface area (TPSA) is 49.9 Å². The Kier molecular flexibility index (Phi) is 6.37. The molecule has 0 aliphatic carbocycles. The Morgan fingerprint density at radius 3 is 2.56 bits per heavy atom. The maximum atomic E-state index is 12.8. The second-order valence-electron chi connectivity index (χ2n) is 8.45. The molecule has 3 saturated heterocycles. The van der Waals surface area contributed by atoms with Crippen LogP contribution in [0.15, 0.2) is 0 Å². The normalized spacial score (nSPS) is 28.1. The summed E-state index contributed by atoms with van der Waals surface area (Å²) in [6, 6.07) is 0.354. The zero-order valence-corrected chi connectivity index (χ0v) is 15.9. The molecule has 3 fully saturated rings. The molecule has 3 aliphatic heterocycles. The summed E-state index contributed by atoms with van der Waals surface area (Å²) in [5.41, 5.74) is 0. The second-order valence-corrected chi connectivity index (χ2v) is 8.45. The van der Waals surface area contributed by atoms with E-state index in [4.69, 9.17) is 4.74 Å². The van der Waals surface area contributed by atoms with E-state index in [1.807, 2.05) is 0 Å². The lowest BCUT2D eigenvalue weighted by Crippen LogP contribution is -2.57. The van der Waals surface area contributed by atoms with E-state index in [-0.39, 0.29) is 5.92 Å². The number of carbonyl (C=O) groups is 2. The van der Waals surface area contributed by atoms with Crippen LogP contribution in [0.5, 0.6) is 0 Å². The third-order valence-corrected chi connectivity index (χ3v) is 6.21. The van der Waals surface area contributed by atoms with Crippen molar-refractivity contribution in [1.82, 2.24) is 9.80 Å². The molecule has 0 saturated carbocycles. The Morgan fingerprint density at radius 1 is 1.08 bits per heavy atom. The number of hydrogen-bond donors (Lipinski definition) is 0. The van der Waals surface area contributed by atoms with Crippen molar-refractivity contribution in [3.8, 4) is 0 Å². The molecule has 3 aliphatic rings. The summed E-state index contributed by atoms with van der Waals surface area (Å²) in [6.07, 6.45) is 6.55. The van der Waals surface area contributed by atoms with Crippen LogP contribution in [-0.4, -0.2) is 60.5 Å². The van der Waals surface area contributed by atoms with Crippen molar-refractivity contribution in [2.24, 2.45) is 17.8 Å². The standard InChI is InChI=1S/C20H34N2O3/c1-15(2)5-6-19(23)22-10-3-4-17-14-21(11-7-18(17)22)20(24)16-8-12-25-13-9-16/h15-18H,3-14H2,1-2H3. The van der Waals surface area contributed by atoms with Crippen LogP contribution >= 0.6 is 0 Å². The van der Waals surface area contributed by atoms with Gasteiger partial charge in [0.15, 0.2) is 0 Å². The van der Waals surface area contributed by atoms with E-state index in [2.05, 4.69) is 23.6 Å². The van der Waals surface area contributed by atoms with Gasteiger partial charge in [0.05, 0.1) is 0 Å². The van der Waals surface area contributed by atoms with Crippen molar-refractivity contribution >= 4 is 11.8 Å². The van der Waals surface area contributed by atoms with Crippen LogP contribution in [0.2, 0.25) is 0 Å². The first-order valence-electron chi connectivity index (χ1n) is 10.2. The number of ether oxygens (including phenoxy) is 1. The minimum atomic E-state index is 0.151. The minimum Gasteiger partial charge on any atom is -0.381 e. The summed E-state index contributed by atoms with van der Waals surface area (Å²) in [5, 5.41) is 0. The Bertz CT molecular complexity index is 474. The van der Waals surface area contributed by atoms with Crippen LogP contribution in [-0.2, 0) is 14.3 Å². The summed E-state index contributed by atoms with van der Waals surface area (Å²) < 4.78 is 5.39. The van der Waals surface area contributed by atoms with E-state index in [9.17, 15) is 9.59 Å². The summed E-state index contributed by atoms with van der Waals surface area (Å²) >= 11 is 0. The van der Waals surface area contributed by atoms with Crippen molar-refractivity contribution in [3.63, 3.8) is 0 Å². The second kappa shape index (κ2) is 8.52. The molecule has 0 aromatic carbocycles. The van der Waals surface area contributed by atoms with Gasteiger partial charge < -0.3 is 14.5 Å². The monoisotopic (exact) mass is 350 g/mol. The van der Waals surface area contributed by atoms with Gasteiger partial charge in [-0.15, -0.1) is 0 Å². The summed E-state index contributed by atoms with van der Waals surface area (Å²) in [7, 11) is 0. The van der Waals surface area contributed by atoms with Gasteiger partial charge in [0.25, 0.3) is 0 Å². The number of carbonyl (C=O) groups excluding carboxylic acids is 2. The van der Waals surface area contributed by atoms with Gasteiger partial charge in [-0.1, -0.05) is 13.8 Å². The summed E-state index contributed by atoms with van der Waals surface area (Å²) in [5.74, 6) is 1.84. The average Bonchev–Trinajstić information content (AvgIpc) is 2.65. The maximum absolute atomic E-state index is 12.8. The summed E-state index contributed by atoms with van der Waals surface area (Å²) in [6.45, 7) is 8.34. The fourth-order valence-electron chi connectivity index (χ4n) is 4.67. The van der Waals surface area contributed by atoms with Crippen LogP contribution < -0.4 is 0 Å². The number of likely N-dealkylation sites (tertiary alicyclic amines) is 2. The number of hydrogen-bond acceptors (Lipinski definition) is 3. The van der Waals surface area contributed by atoms with Crippen LogP contribution in [0, 0.1) is 17.8 Å². The summed E-state index contributed by atoms with van der Waals surface area (Å²) in [4.78, 5) is 29.7. The van der Waals surface area contributed by atoms with Gasteiger partial charge in [-0.3, -0.25) is 9.59 Å². The average molecular weight is 351 g/mol. The van der Waals surface area contributed by atoms with Gasteiger partial charge in [-0.2, -0.15) is 0 Å². The third-order valence-electron chi connectivity index (χ3n) is 6.21. The first kappa shape index (κ1) is 18.7. The van der Waals surface area contributed by atoms with Crippen molar-refractivity contribution < 1.29 is 14.3 Å². The lowest BCUT2D eigenvalue weighted by molar-refractivity contribution is -0.145. The third kappa shape index (κ3) is 4.55. The molecule has 5 nitrogen and oxygen atoms in total. The molecule has 0 radical (unpaired) electrons. The van der Waals surface area contributed by atoms with E-state index in [0.717, 1.165) is 58.2 Å². The number of piperidine rings is 2. The molecule has 5 heteroatoms. The number of fused-ring (bicyclic) bond motifs is 1. The highest BCUT2D eigenvalue weighted by atomic mass is 16.5. The first-order valence-corrected chi connectivity index (χ1v) is 10.2. The highest BCUT2D eigenvalue weighted by Gasteiger charge is 2.40. The van der Waals surface area contributed by atoms with E-state index in [0.29, 0.717) is 49.3 Å². The van der Waals surface area contributed by atoms with Gasteiger partial charge in [-0.05, 0) is 50.4 Å². The number of nitrogens with zero attached hydrogens (tertiary/aromatic N) is 2. The van der Waals surface area contributed by atoms with Crippen LogP contribution in [0.3, 0.4) is 0 Å². The molecule has 3 heterocycles. The van der Waals surface area contributed by atoms with E-state index in [1.54, 1.807) is 0 Å². The van der Waals surface area contributed by atoms with E-state index in [1.165, 1.54) is 0 Å². The Morgan fingerprint density at radius 2 is 1.84 bits per heavy atom.